The molecule has 0 unspecified atom stereocenters. The van der Waals surface area contributed by atoms with Crippen LogP contribution in [0.15, 0.2) is 29.2 Å². The molecule has 0 atom stereocenters. The van der Waals surface area contributed by atoms with Crippen molar-refractivity contribution in [3.05, 3.63) is 46.0 Å². The van der Waals surface area contributed by atoms with Crippen molar-refractivity contribution in [3.8, 4) is 0 Å². The van der Waals surface area contributed by atoms with Crippen LogP contribution in [0, 0.1) is 11.7 Å². The zero-order valence-electron chi connectivity index (χ0n) is 9.33. The van der Waals surface area contributed by atoms with Crippen molar-refractivity contribution in [1.82, 2.24) is 9.97 Å². The largest absolute Gasteiger partial charge is 0.335 e. The van der Waals surface area contributed by atoms with E-state index < -0.39 is 0 Å². The topological polar surface area (TPSA) is 31.6 Å². The first-order chi connectivity index (χ1) is 7.69. The third-order valence-electron chi connectivity index (χ3n) is 2.56. The Morgan fingerprint density at radius 3 is 2.38 bits per heavy atom. The normalized spacial score (nSPS) is 10.6. The minimum atomic E-state index is 0.702. The standard InChI is InChI=1S/C12H14N2S2/c1-8-11(14-12(15)13-8)7-9-3-5-10(16-2)6-4-9/h3-6H,7H2,1-2H3,(H2,13,14,15). The van der Waals surface area contributed by atoms with Crippen LogP contribution in [0.3, 0.4) is 0 Å². The lowest BCUT2D eigenvalue weighted by molar-refractivity contribution is 1.07. The maximum Gasteiger partial charge on any atom is 0.174 e. The SMILES string of the molecule is CSc1ccc(Cc2[nH]c(=S)[nH]c2C)cc1. The van der Waals surface area contributed by atoms with Crippen LogP contribution in [-0.2, 0) is 6.42 Å². The van der Waals surface area contributed by atoms with Crippen LogP contribution in [0.2, 0.25) is 0 Å². The van der Waals surface area contributed by atoms with E-state index in [0.717, 1.165) is 12.1 Å². The second-order valence-electron chi connectivity index (χ2n) is 3.71. The van der Waals surface area contributed by atoms with Crippen molar-refractivity contribution in [2.75, 3.05) is 6.26 Å². The second kappa shape index (κ2) is 4.89. The van der Waals surface area contributed by atoms with Crippen LogP contribution in [0.25, 0.3) is 0 Å². The smallest absolute Gasteiger partial charge is 0.174 e. The minimum absolute atomic E-state index is 0.702. The summed E-state index contributed by atoms with van der Waals surface area (Å²) in [5, 5.41) is 0. The van der Waals surface area contributed by atoms with Gasteiger partial charge in [0.1, 0.15) is 0 Å². The number of thioether (sulfide) groups is 1. The van der Waals surface area contributed by atoms with Crippen LogP contribution < -0.4 is 0 Å². The first kappa shape index (κ1) is 11.5. The third-order valence-corrected chi connectivity index (χ3v) is 3.51. The Labute approximate surface area is 104 Å². The highest BCUT2D eigenvalue weighted by Gasteiger charge is 2.02. The van der Waals surface area contributed by atoms with Gasteiger partial charge in [0, 0.05) is 22.7 Å². The first-order valence-electron chi connectivity index (χ1n) is 5.09. The number of nitrogens with one attached hydrogen (secondary N) is 2. The summed E-state index contributed by atoms with van der Waals surface area (Å²) >= 11 is 6.82. The molecule has 0 saturated carbocycles. The average Bonchev–Trinajstić information content (AvgIpc) is 2.59. The number of aromatic nitrogens is 2. The van der Waals surface area contributed by atoms with E-state index in [1.54, 1.807) is 11.8 Å². The third kappa shape index (κ3) is 2.57. The lowest BCUT2D eigenvalue weighted by Gasteiger charge is -2.02. The molecule has 0 aliphatic heterocycles. The number of aromatic amines is 2. The van der Waals surface area contributed by atoms with E-state index in [-0.39, 0.29) is 0 Å². The van der Waals surface area contributed by atoms with E-state index in [0.29, 0.717) is 4.77 Å². The van der Waals surface area contributed by atoms with E-state index in [1.807, 2.05) is 6.92 Å². The van der Waals surface area contributed by atoms with E-state index in [2.05, 4.69) is 40.5 Å². The van der Waals surface area contributed by atoms with Crippen LogP contribution >= 0.6 is 24.0 Å². The molecule has 84 valence electrons. The molecule has 2 aromatic rings. The summed E-state index contributed by atoms with van der Waals surface area (Å²) in [6, 6.07) is 8.62. The van der Waals surface area contributed by atoms with E-state index in [9.17, 15) is 0 Å². The van der Waals surface area contributed by atoms with Gasteiger partial charge in [0.05, 0.1) is 0 Å². The van der Waals surface area contributed by atoms with Crippen molar-refractivity contribution in [1.29, 1.82) is 0 Å². The molecule has 0 saturated heterocycles. The number of hydrogen-bond acceptors (Lipinski definition) is 2. The molecule has 16 heavy (non-hydrogen) atoms. The predicted molar refractivity (Wildman–Crippen MR) is 71.7 cm³/mol. The molecule has 4 heteroatoms. The molecule has 0 bridgehead atoms. The van der Waals surface area contributed by atoms with Gasteiger partial charge in [-0.1, -0.05) is 12.1 Å². The lowest BCUT2D eigenvalue weighted by Crippen LogP contribution is -1.90. The minimum Gasteiger partial charge on any atom is -0.335 e. The molecule has 0 amide bonds. The Kier molecular flexibility index (Phi) is 3.51. The summed E-state index contributed by atoms with van der Waals surface area (Å²) in [5.74, 6) is 0. The summed E-state index contributed by atoms with van der Waals surface area (Å²) in [4.78, 5) is 7.57. The molecule has 1 aromatic heterocycles. The van der Waals surface area contributed by atoms with E-state index in [4.69, 9.17) is 12.2 Å². The summed E-state index contributed by atoms with van der Waals surface area (Å²) in [6.45, 7) is 2.04. The van der Waals surface area contributed by atoms with Gasteiger partial charge in [-0.15, -0.1) is 11.8 Å². The molecule has 2 N–H and O–H groups in total. The average molecular weight is 250 g/mol. The van der Waals surface area contributed by atoms with Gasteiger partial charge in [0.15, 0.2) is 4.77 Å². The fourth-order valence-corrected chi connectivity index (χ4v) is 2.32. The Balaban J connectivity index is 2.20. The second-order valence-corrected chi connectivity index (χ2v) is 5.00. The zero-order valence-corrected chi connectivity index (χ0v) is 11.0. The number of rotatable bonds is 3. The van der Waals surface area contributed by atoms with Gasteiger partial charge >= 0.3 is 0 Å². The summed E-state index contributed by atoms with van der Waals surface area (Å²) in [6.07, 6.45) is 2.98. The van der Waals surface area contributed by atoms with Crippen molar-refractivity contribution >= 4 is 24.0 Å². The molecule has 0 aliphatic carbocycles. The highest BCUT2D eigenvalue weighted by atomic mass is 32.2. The van der Waals surface area contributed by atoms with E-state index >= 15 is 0 Å². The lowest BCUT2D eigenvalue weighted by atomic mass is 10.1. The van der Waals surface area contributed by atoms with Crippen molar-refractivity contribution in [3.63, 3.8) is 0 Å². The predicted octanol–water partition coefficient (Wildman–Crippen LogP) is 3.69. The number of benzene rings is 1. The number of hydrogen-bond donors (Lipinski definition) is 2. The Bertz CT molecular complexity index is 523. The number of aryl methyl sites for hydroxylation is 1. The molecule has 0 fully saturated rings. The van der Waals surface area contributed by atoms with Crippen molar-refractivity contribution < 1.29 is 0 Å². The molecule has 2 nitrogen and oxygen atoms in total. The van der Waals surface area contributed by atoms with Gasteiger partial charge in [-0.05, 0) is 43.1 Å². The summed E-state index contributed by atoms with van der Waals surface area (Å²) < 4.78 is 0.702. The first-order valence-corrected chi connectivity index (χ1v) is 6.73. The van der Waals surface area contributed by atoms with Crippen LogP contribution in [0.5, 0.6) is 0 Å². The van der Waals surface area contributed by atoms with Gasteiger partial charge in [-0.3, -0.25) is 0 Å². The van der Waals surface area contributed by atoms with Gasteiger partial charge in [-0.25, -0.2) is 0 Å². The Morgan fingerprint density at radius 1 is 1.19 bits per heavy atom. The summed E-state index contributed by atoms with van der Waals surface area (Å²) in [7, 11) is 0. The molecule has 0 radical (unpaired) electrons. The molecule has 2 rings (SSSR count). The molecule has 0 spiro atoms. The highest BCUT2D eigenvalue weighted by molar-refractivity contribution is 7.98. The quantitative estimate of drug-likeness (QED) is 0.643. The fraction of sp³-hybridized carbons (Fsp3) is 0.250. The highest BCUT2D eigenvalue weighted by Crippen LogP contribution is 2.17. The Hall–Kier alpha value is -1.00. The van der Waals surface area contributed by atoms with Crippen LogP contribution in [-0.4, -0.2) is 16.2 Å². The number of H-pyrrole nitrogens is 2. The molecule has 0 aliphatic rings. The van der Waals surface area contributed by atoms with E-state index in [1.165, 1.54) is 16.2 Å². The maximum absolute atomic E-state index is 5.06. The molecular formula is C12H14N2S2. The van der Waals surface area contributed by atoms with Gasteiger partial charge in [0.2, 0.25) is 0 Å². The Morgan fingerprint density at radius 2 is 1.88 bits per heavy atom. The van der Waals surface area contributed by atoms with Crippen LogP contribution in [0.1, 0.15) is 17.0 Å². The maximum atomic E-state index is 5.06. The van der Waals surface area contributed by atoms with Crippen LogP contribution in [0.4, 0.5) is 0 Å². The van der Waals surface area contributed by atoms with Crippen molar-refractivity contribution in [2.45, 2.75) is 18.2 Å². The monoisotopic (exact) mass is 250 g/mol. The zero-order chi connectivity index (χ0) is 11.5. The van der Waals surface area contributed by atoms with Crippen molar-refractivity contribution in [2.24, 2.45) is 0 Å². The summed E-state index contributed by atoms with van der Waals surface area (Å²) in [5.41, 5.74) is 3.59. The molecule has 1 heterocycles. The number of imidazole rings is 1. The van der Waals surface area contributed by atoms with Gasteiger partial charge in [-0.2, -0.15) is 0 Å². The van der Waals surface area contributed by atoms with Gasteiger partial charge < -0.3 is 9.97 Å². The fourth-order valence-electron chi connectivity index (χ4n) is 1.63. The van der Waals surface area contributed by atoms with Gasteiger partial charge in [0.25, 0.3) is 0 Å². The molecule has 1 aromatic carbocycles. The molecular weight excluding hydrogens is 236 g/mol.